The van der Waals surface area contributed by atoms with E-state index in [9.17, 15) is 9.59 Å². The molecule has 0 saturated carbocycles. The van der Waals surface area contributed by atoms with Gasteiger partial charge in [-0.05, 0) is 30.7 Å². The Labute approximate surface area is 165 Å². The Kier molecular flexibility index (Phi) is 5.90. The molecule has 8 nitrogen and oxygen atoms in total. The number of nitrogens with one attached hydrogen (secondary N) is 2. The second kappa shape index (κ2) is 8.53. The van der Waals surface area contributed by atoms with Crippen LogP contribution in [0, 0.1) is 0 Å². The molecule has 3 rings (SSSR count). The van der Waals surface area contributed by atoms with Gasteiger partial charge >= 0.3 is 0 Å². The number of carbonyl (C=O) groups is 1. The molecule has 0 spiro atoms. The number of H-pyrrole nitrogens is 1. The number of methoxy groups -OCH3 is 1. The highest BCUT2D eigenvalue weighted by molar-refractivity contribution is 6.32. The lowest BCUT2D eigenvalue weighted by molar-refractivity contribution is 0.0951. The number of nitrogens with zero attached hydrogens (tertiary/aromatic N) is 2. The summed E-state index contributed by atoms with van der Waals surface area (Å²) in [6.07, 6.45) is 1.41. The van der Waals surface area contributed by atoms with E-state index in [2.05, 4.69) is 20.7 Å². The van der Waals surface area contributed by atoms with Gasteiger partial charge < -0.3 is 9.47 Å². The Morgan fingerprint density at radius 3 is 2.79 bits per heavy atom. The van der Waals surface area contributed by atoms with Gasteiger partial charge in [0.25, 0.3) is 11.5 Å². The average molecular weight is 401 g/mol. The van der Waals surface area contributed by atoms with Crippen LogP contribution in [0.15, 0.2) is 46.3 Å². The second-order valence-electron chi connectivity index (χ2n) is 5.61. The van der Waals surface area contributed by atoms with Crippen molar-refractivity contribution in [3.8, 4) is 11.5 Å². The number of aromatic nitrogens is 2. The minimum atomic E-state index is -0.562. The Morgan fingerprint density at radius 1 is 1.32 bits per heavy atom. The van der Waals surface area contributed by atoms with Gasteiger partial charge in [0, 0.05) is 5.39 Å². The summed E-state index contributed by atoms with van der Waals surface area (Å²) in [6.45, 7) is 2.29. The Hall–Kier alpha value is -3.39. The number of hydrazone groups is 1. The van der Waals surface area contributed by atoms with Gasteiger partial charge in [0.2, 0.25) is 0 Å². The van der Waals surface area contributed by atoms with Crippen LogP contribution in [-0.4, -0.2) is 36.0 Å². The van der Waals surface area contributed by atoms with Gasteiger partial charge in [0.05, 0.1) is 30.3 Å². The predicted molar refractivity (Wildman–Crippen MR) is 107 cm³/mol. The summed E-state index contributed by atoms with van der Waals surface area (Å²) in [5, 5.41) is 11.2. The molecule has 2 aromatic carbocycles. The SMILES string of the molecule is CCOc1c(Cl)cc(/C=N\NC(=O)c2n[nH]c(=O)c3ccccc23)cc1OC. The highest BCUT2D eigenvalue weighted by Gasteiger charge is 2.14. The molecule has 1 amide bonds. The molecule has 2 N–H and O–H groups in total. The Morgan fingerprint density at radius 2 is 2.07 bits per heavy atom. The summed E-state index contributed by atoms with van der Waals surface area (Å²) >= 11 is 6.21. The van der Waals surface area contributed by atoms with E-state index in [1.807, 2.05) is 6.92 Å². The predicted octanol–water partition coefficient (Wildman–Crippen LogP) is 2.75. The van der Waals surface area contributed by atoms with Crippen molar-refractivity contribution in [2.24, 2.45) is 5.10 Å². The second-order valence-corrected chi connectivity index (χ2v) is 6.02. The number of ether oxygens (including phenoxy) is 2. The zero-order chi connectivity index (χ0) is 20.1. The lowest BCUT2D eigenvalue weighted by atomic mass is 10.1. The van der Waals surface area contributed by atoms with Gasteiger partial charge in [0.1, 0.15) is 0 Å². The molecule has 0 saturated heterocycles. The maximum atomic E-state index is 12.4. The van der Waals surface area contributed by atoms with Crippen LogP contribution in [0.3, 0.4) is 0 Å². The van der Waals surface area contributed by atoms with Crippen molar-refractivity contribution in [1.29, 1.82) is 0 Å². The van der Waals surface area contributed by atoms with Crippen molar-refractivity contribution < 1.29 is 14.3 Å². The van der Waals surface area contributed by atoms with Crippen molar-refractivity contribution in [1.82, 2.24) is 15.6 Å². The molecule has 0 aliphatic heterocycles. The fourth-order valence-corrected chi connectivity index (χ4v) is 2.88. The van der Waals surface area contributed by atoms with Crippen molar-refractivity contribution in [3.05, 3.63) is 63.0 Å². The van der Waals surface area contributed by atoms with Crippen molar-refractivity contribution in [2.75, 3.05) is 13.7 Å². The maximum absolute atomic E-state index is 12.4. The van der Waals surface area contributed by atoms with E-state index in [0.29, 0.717) is 39.5 Å². The van der Waals surface area contributed by atoms with E-state index in [4.69, 9.17) is 21.1 Å². The number of halogens is 1. The summed E-state index contributed by atoms with van der Waals surface area (Å²) < 4.78 is 10.7. The normalized spacial score (nSPS) is 11.0. The van der Waals surface area contributed by atoms with E-state index in [1.165, 1.54) is 13.3 Å². The number of amides is 1. The van der Waals surface area contributed by atoms with Gasteiger partial charge in [-0.2, -0.15) is 10.2 Å². The first kappa shape index (κ1) is 19.4. The molecule has 0 fully saturated rings. The molecule has 0 aliphatic rings. The van der Waals surface area contributed by atoms with Crippen LogP contribution >= 0.6 is 11.6 Å². The summed E-state index contributed by atoms with van der Waals surface area (Å²) in [6, 6.07) is 10.0. The summed E-state index contributed by atoms with van der Waals surface area (Å²) in [4.78, 5) is 24.2. The topological polar surface area (TPSA) is 106 Å². The fourth-order valence-electron chi connectivity index (χ4n) is 2.60. The summed E-state index contributed by atoms with van der Waals surface area (Å²) in [5.74, 6) is 0.333. The molecular formula is C19H17ClN4O4. The lowest BCUT2D eigenvalue weighted by Gasteiger charge is -2.11. The average Bonchev–Trinajstić information content (AvgIpc) is 2.70. The van der Waals surface area contributed by atoms with Gasteiger partial charge in [-0.15, -0.1) is 0 Å². The van der Waals surface area contributed by atoms with Crippen LogP contribution in [-0.2, 0) is 0 Å². The monoisotopic (exact) mass is 400 g/mol. The standard InChI is InChI=1S/C19H17ClN4O4/c1-3-28-17-14(20)8-11(9-15(17)27-2)10-21-23-19(26)16-12-6-4-5-7-13(12)18(25)24-22-16/h4-10H,3H2,1-2H3,(H,23,26)(H,24,25)/b21-10-. The van der Waals surface area contributed by atoms with E-state index >= 15 is 0 Å². The molecule has 0 aliphatic carbocycles. The molecule has 9 heteroatoms. The lowest BCUT2D eigenvalue weighted by Crippen LogP contribution is -2.22. The molecule has 3 aromatic rings. The summed E-state index contributed by atoms with van der Waals surface area (Å²) in [5.41, 5.74) is 2.68. The Balaban J connectivity index is 1.82. The van der Waals surface area contributed by atoms with Gasteiger partial charge in [-0.3, -0.25) is 9.59 Å². The smallest absolute Gasteiger partial charge is 0.292 e. The molecule has 0 atom stereocenters. The molecular weight excluding hydrogens is 384 g/mol. The maximum Gasteiger partial charge on any atom is 0.292 e. The molecule has 1 aromatic heterocycles. The van der Waals surface area contributed by atoms with E-state index in [-0.39, 0.29) is 11.3 Å². The molecule has 1 heterocycles. The molecule has 0 unspecified atom stereocenters. The molecule has 28 heavy (non-hydrogen) atoms. The highest BCUT2D eigenvalue weighted by Crippen LogP contribution is 2.35. The van der Waals surface area contributed by atoms with Gasteiger partial charge in [-0.25, -0.2) is 10.5 Å². The van der Waals surface area contributed by atoms with Gasteiger partial charge in [0.15, 0.2) is 17.2 Å². The van der Waals surface area contributed by atoms with Crippen LogP contribution in [0.4, 0.5) is 0 Å². The number of aromatic amines is 1. The van der Waals surface area contributed by atoms with Crippen LogP contribution in [0.25, 0.3) is 10.8 Å². The fraction of sp³-hybridized carbons (Fsp3) is 0.158. The van der Waals surface area contributed by atoms with E-state index < -0.39 is 5.91 Å². The number of fused-ring (bicyclic) bond motifs is 1. The highest BCUT2D eigenvalue weighted by atomic mass is 35.5. The Bertz CT molecular complexity index is 1110. The number of hydrogen-bond acceptors (Lipinski definition) is 6. The largest absolute Gasteiger partial charge is 0.493 e. The van der Waals surface area contributed by atoms with Crippen LogP contribution in [0.2, 0.25) is 5.02 Å². The van der Waals surface area contributed by atoms with Crippen molar-refractivity contribution >= 4 is 34.5 Å². The van der Waals surface area contributed by atoms with Crippen molar-refractivity contribution in [2.45, 2.75) is 6.92 Å². The molecule has 144 valence electrons. The number of carbonyl (C=O) groups excluding carboxylic acids is 1. The zero-order valence-electron chi connectivity index (χ0n) is 15.2. The number of hydrogen-bond donors (Lipinski definition) is 2. The number of benzene rings is 2. The third-order valence-corrected chi connectivity index (χ3v) is 4.11. The summed E-state index contributed by atoms with van der Waals surface area (Å²) in [7, 11) is 1.50. The first-order valence-corrected chi connectivity index (χ1v) is 8.74. The quantitative estimate of drug-likeness (QED) is 0.489. The third kappa shape index (κ3) is 3.96. The first-order valence-electron chi connectivity index (χ1n) is 8.36. The minimum absolute atomic E-state index is 0.0645. The third-order valence-electron chi connectivity index (χ3n) is 3.83. The van der Waals surface area contributed by atoms with Crippen LogP contribution < -0.4 is 20.5 Å². The van der Waals surface area contributed by atoms with Crippen LogP contribution in [0.5, 0.6) is 11.5 Å². The van der Waals surface area contributed by atoms with Crippen molar-refractivity contribution in [3.63, 3.8) is 0 Å². The van der Waals surface area contributed by atoms with Gasteiger partial charge in [-0.1, -0.05) is 29.8 Å². The van der Waals surface area contributed by atoms with Crippen LogP contribution in [0.1, 0.15) is 23.0 Å². The molecule has 0 radical (unpaired) electrons. The number of rotatable bonds is 6. The molecule has 0 bridgehead atoms. The first-order chi connectivity index (χ1) is 13.5. The van der Waals surface area contributed by atoms with E-state index in [0.717, 1.165) is 0 Å². The minimum Gasteiger partial charge on any atom is -0.493 e. The zero-order valence-corrected chi connectivity index (χ0v) is 15.9. The van der Waals surface area contributed by atoms with E-state index in [1.54, 1.807) is 36.4 Å².